The van der Waals surface area contributed by atoms with Crippen LogP contribution >= 0.6 is 0 Å². The van der Waals surface area contributed by atoms with Gasteiger partial charge in [0.2, 0.25) is 0 Å². The number of pyridine rings is 1. The maximum absolute atomic E-state index is 12.5. The van der Waals surface area contributed by atoms with Gasteiger partial charge in [-0.25, -0.2) is 0 Å². The SMILES string of the molecule is Cc1cc(C=C(C#N)C(=O)NC(C)c2ccccn2)c(C)n1CC(C)C. The summed E-state index contributed by atoms with van der Waals surface area (Å²) in [6.07, 6.45) is 3.35. The smallest absolute Gasteiger partial charge is 0.262 e. The van der Waals surface area contributed by atoms with Crippen LogP contribution in [0.3, 0.4) is 0 Å². The molecule has 5 nitrogen and oxygen atoms in total. The summed E-state index contributed by atoms with van der Waals surface area (Å²) in [5.41, 5.74) is 3.95. The number of nitrogens with zero attached hydrogens (tertiary/aromatic N) is 3. The van der Waals surface area contributed by atoms with E-state index in [4.69, 9.17) is 0 Å². The van der Waals surface area contributed by atoms with Gasteiger partial charge in [-0.2, -0.15) is 5.26 Å². The summed E-state index contributed by atoms with van der Waals surface area (Å²) in [7, 11) is 0. The molecule has 1 atom stereocenters. The van der Waals surface area contributed by atoms with Crippen LogP contribution in [-0.4, -0.2) is 15.5 Å². The van der Waals surface area contributed by atoms with E-state index < -0.39 is 0 Å². The first-order valence-corrected chi connectivity index (χ1v) is 8.83. The summed E-state index contributed by atoms with van der Waals surface area (Å²) < 4.78 is 2.22. The molecule has 2 rings (SSSR count). The molecule has 0 aromatic carbocycles. The average molecular weight is 350 g/mol. The third-order valence-electron chi connectivity index (χ3n) is 4.30. The number of carbonyl (C=O) groups excluding carboxylic acids is 1. The summed E-state index contributed by atoms with van der Waals surface area (Å²) in [6, 6.07) is 9.32. The molecular weight excluding hydrogens is 324 g/mol. The Morgan fingerprint density at radius 2 is 2.08 bits per heavy atom. The van der Waals surface area contributed by atoms with E-state index in [0.717, 1.165) is 29.2 Å². The number of nitriles is 1. The Hall–Kier alpha value is -2.87. The van der Waals surface area contributed by atoms with Crippen LogP contribution in [0, 0.1) is 31.1 Å². The molecule has 1 unspecified atom stereocenters. The fraction of sp³-hybridized carbons (Fsp3) is 0.381. The Morgan fingerprint density at radius 3 is 2.65 bits per heavy atom. The van der Waals surface area contributed by atoms with Gasteiger partial charge in [-0.05, 0) is 56.5 Å². The van der Waals surface area contributed by atoms with E-state index in [9.17, 15) is 10.1 Å². The lowest BCUT2D eigenvalue weighted by atomic mass is 10.1. The Morgan fingerprint density at radius 1 is 1.35 bits per heavy atom. The first-order valence-electron chi connectivity index (χ1n) is 8.83. The molecule has 0 radical (unpaired) electrons. The van der Waals surface area contributed by atoms with Gasteiger partial charge in [-0.3, -0.25) is 9.78 Å². The normalized spacial score (nSPS) is 12.7. The summed E-state index contributed by atoms with van der Waals surface area (Å²) in [5, 5.41) is 12.3. The minimum atomic E-state index is -0.390. The van der Waals surface area contributed by atoms with Crippen molar-refractivity contribution in [1.82, 2.24) is 14.9 Å². The number of aromatic nitrogens is 2. The van der Waals surface area contributed by atoms with Crippen LogP contribution in [-0.2, 0) is 11.3 Å². The maximum atomic E-state index is 12.5. The van der Waals surface area contributed by atoms with Crippen molar-refractivity contribution in [1.29, 1.82) is 5.26 Å². The van der Waals surface area contributed by atoms with Gasteiger partial charge in [0, 0.05) is 24.1 Å². The van der Waals surface area contributed by atoms with Crippen molar-refractivity contribution in [3.05, 3.63) is 58.7 Å². The van der Waals surface area contributed by atoms with Gasteiger partial charge in [0.05, 0.1) is 11.7 Å². The molecule has 0 spiro atoms. The van der Waals surface area contributed by atoms with Gasteiger partial charge < -0.3 is 9.88 Å². The summed E-state index contributed by atoms with van der Waals surface area (Å²) in [4.78, 5) is 16.7. The molecule has 1 N–H and O–H groups in total. The molecular formula is C21H26N4O. The van der Waals surface area contributed by atoms with Crippen molar-refractivity contribution in [2.75, 3.05) is 0 Å². The van der Waals surface area contributed by atoms with Crippen molar-refractivity contribution < 1.29 is 4.79 Å². The first-order chi connectivity index (χ1) is 12.3. The Bertz CT molecular complexity index is 841. The van der Waals surface area contributed by atoms with E-state index in [0.29, 0.717) is 5.92 Å². The summed E-state index contributed by atoms with van der Waals surface area (Å²) >= 11 is 0. The van der Waals surface area contributed by atoms with Crippen LogP contribution < -0.4 is 5.32 Å². The molecule has 0 bridgehead atoms. The predicted octanol–water partition coefficient (Wildman–Crippen LogP) is 3.94. The number of nitrogens with one attached hydrogen (secondary N) is 1. The Balaban J connectivity index is 2.22. The van der Waals surface area contributed by atoms with E-state index in [1.165, 1.54) is 0 Å². The van der Waals surface area contributed by atoms with Crippen molar-refractivity contribution in [2.24, 2.45) is 5.92 Å². The van der Waals surface area contributed by atoms with Gasteiger partial charge in [0.15, 0.2) is 0 Å². The monoisotopic (exact) mass is 350 g/mol. The molecule has 2 aromatic heterocycles. The van der Waals surface area contributed by atoms with Crippen LogP contribution in [0.1, 0.15) is 49.5 Å². The quantitative estimate of drug-likeness (QED) is 0.633. The molecule has 136 valence electrons. The van der Waals surface area contributed by atoms with E-state index in [-0.39, 0.29) is 17.5 Å². The second-order valence-corrected chi connectivity index (χ2v) is 6.95. The van der Waals surface area contributed by atoms with Gasteiger partial charge in [0.1, 0.15) is 11.6 Å². The Kier molecular flexibility index (Phi) is 6.35. The van der Waals surface area contributed by atoms with Crippen LogP contribution in [0.4, 0.5) is 0 Å². The number of amides is 1. The lowest BCUT2D eigenvalue weighted by Crippen LogP contribution is -2.28. The van der Waals surface area contributed by atoms with Crippen molar-refractivity contribution >= 4 is 12.0 Å². The number of hydrogen-bond acceptors (Lipinski definition) is 3. The zero-order valence-corrected chi connectivity index (χ0v) is 16.1. The van der Waals surface area contributed by atoms with E-state index in [1.54, 1.807) is 12.3 Å². The van der Waals surface area contributed by atoms with Gasteiger partial charge in [-0.15, -0.1) is 0 Å². The molecule has 5 heteroatoms. The molecule has 26 heavy (non-hydrogen) atoms. The van der Waals surface area contributed by atoms with Crippen molar-refractivity contribution in [3.8, 4) is 6.07 Å². The van der Waals surface area contributed by atoms with Gasteiger partial charge >= 0.3 is 0 Å². The minimum absolute atomic E-state index is 0.0950. The highest BCUT2D eigenvalue weighted by molar-refractivity contribution is 6.02. The zero-order valence-electron chi connectivity index (χ0n) is 16.1. The van der Waals surface area contributed by atoms with Crippen LogP contribution in [0.2, 0.25) is 0 Å². The minimum Gasteiger partial charge on any atom is -0.348 e. The molecule has 0 aliphatic heterocycles. The molecule has 0 aliphatic rings. The molecule has 2 aromatic rings. The average Bonchev–Trinajstić information content (AvgIpc) is 2.87. The van der Waals surface area contributed by atoms with Crippen LogP contribution in [0.25, 0.3) is 6.08 Å². The number of carbonyl (C=O) groups is 1. The Labute approximate surface area is 155 Å². The van der Waals surface area contributed by atoms with Crippen molar-refractivity contribution in [3.63, 3.8) is 0 Å². The number of rotatable bonds is 6. The van der Waals surface area contributed by atoms with Crippen LogP contribution in [0.15, 0.2) is 36.0 Å². The fourth-order valence-electron chi connectivity index (χ4n) is 2.90. The van der Waals surface area contributed by atoms with E-state index in [2.05, 4.69) is 28.7 Å². The van der Waals surface area contributed by atoms with E-state index >= 15 is 0 Å². The van der Waals surface area contributed by atoms with Gasteiger partial charge in [0.25, 0.3) is 5.91 Å². The third-order valence-corrected chi connectivity index (χ3v) is 4.30. The maximum Gasteiger partial charge on any atom is 0.262 e. The molecule has 0 fully saturated rings. The fourth-order valence-corrected chi connectivity index (χ4v) is 2.90. The topological polar surface area (TPSA) is 70.7 Å². The van der Waals surface area contributed by atoms with Gasteiger partial charge in [-0.1, -0.05) is 19.9 Å². The van der Waals surface area contributed by atoms with Crippen molar-refractivity contribution in [2.45, 2.75) is 47.2 Å². The molecule has 1 amide bonds. The molecule has 0 saturated carbocycles. The molecule has 2 heterocycles. The summed E-state index contributed by atoms with van der Waals surface area (Å²) in [5.74, 6) is 0.133. The lowest BCUT2D eigenvalue weighted by molar-refractivity contribution is -0.117. The number of aryl methyl sites for hydroxylation is 1. The zero-order chi connectivity index (χ0) is 19.3. The number of hydrogen-bond donors (Lipinski definition) is 1. The highest BCUT2D eigenvalue weighted by atomic mass is 16.1. The first kappa shape index (κ1) is 19.5. The standard InChI is InChI=1S/C21H26N4O/c1-14(2)13-25-15(3)10-18(17(25)5)11-19(12-22)21(26)24-16(4)20-8-6-7-9-23-20/h6-11,14,16H,13H2,1-5H3,(H,24,26). The highest BCUT2D eigenvalue weighted by Gasteiger charge is 2.16. The largest absolute Gasteiger partial charge is 0.348 e. The predicted molar refractivity (Wildman–Crippen MR) is 103 cm³/mol. The van der Waals surface area contributed by atoms with E-state index in [1.807, 2.05) is 51.1 Å². The third kappa shape index (κ3) is 4.60. The summed E-state index contributed by atoms with van der Waals surface area (Å²) in [6.45, 7) is 11.2. The molecule has 0 aliphatic carbocycles. The molecule has 0 saturated heterocycles. The second-order valence-electron chi connectivity index (χ2n) is 6.95. The highest BCUT2D eigenvalue weighted by Crippen LogP contribution is 2.20. The second kappa shape index (κ2) is 8.48. The lowest BCUT2D eigenvalue weighted by Gasteiger charge is -2.13. The van der Waals surface area contributed by atoms with Crippen LogP contribution in [0.5, 0.6) is 0 Å².